The molecule has 1 fully saturated rings. The van der Waals surface area contributed by atoms with Crippen LogP contribution in [-0.4, -0.2) is 39.1 Å². The molecule has 3 heterocycles. The van der Waals surface area contributed by atoms with Crippen LogP contribution in [0, 0.1) is 0 Å². The quantitative estimate of drug-likeness (QED) is 0.476. The zero-order chi connectivity index (χ0) is 19.6. The maximum absolute atomic E-state index is 12.9. The Kier molecular flexibility index (Phi) is 4.83. The molecule has 7 heteroatoms. The molecule has 0 radical (unpaired) electrons. The van der Waals surface area contributed by atoms with Crippen LogP contribution < -0.4 is 19.1 Å². The topological polar surface area (TPSA) is 57.2 Å². The van der Waals surface area contributed by atoms with E-state index in [0.29, 0.717) is 35.3 Å². The van der Waals surface area contributed by atoms with E-state index in [9.17, 15) is 4.79 Å². The molecule has 0 spiro atoms. The van der Waals surface area contributed by atoms with Gasteiger partial charge in [-0.3, -0.25) is 0 Å². The highest BCUT2D eigenvalue weighted by Gasteiger charge is 2.23. The molecule has 148 valence electrons. The summed E-state index contributed by atoms with van der Waals surface area (Å²) in [5.41, 5.74) is 2.11. The Morgan fingerprint density at radius 3 is 2.59 bits per heavy atom. The van der Waals surface area contributed by atoms with Crippen molar-refractivity contribution in [2.75, 3.05) is 38.0 Å². The van der Waals surface area contributed by atoms with Gasteiger partial charge in [-0.2, -0.15) is 0 Å². The number of fused-ring (bicyclic) bond motifs is 1. The molecule has 2 aliphatic rings. The fourth-order valence-electron chi connectivity index (χ4n) is 3.41. The highest BCUT2D eigenvalue weighted by atomic mass is 32.1. The second-order valence-corrected chi connectivity index (χ2v) is 7.73. The average Bonchev–Trinajstić information content (AvgIpc) is 3.42. The van der Waals surface area contributed by atoms with E-state index in [1.165, 1.54) is 11.3 Å². The predicted molar refractivity (Wildman–Crippen MR) is 110 cm³/mol. The number of benzene rings is 2. The monoisotopic (exact) mass is 409 g/mol. The van der Waals surface area contributed by atoms with Crippen LogP contribution >= 0.6 is 11.3 Å². The molecular weight excluding hydrogens is 390 g/mol. The van der Waals surface area contributed by atoms with Crippen molar-refractivity contribution in [2.24, 2.45) is 0 Å². The summed E-state index contributed by atoms with van der Waals surface area (Å²) < 4.78 is 21.8. The van der Waals surface area contributed by atoms with Crippen LogP contribution in [0.2, 0.25) is 0 Å². The number of carbonyl (C=O) groups excluding carboxylic acids is 1. The first-order chi connectivity index (χ1) is 14.3. The van der Waals surface area contributed by atoms with Gasteiger partial charge in [0.05, 0.1) is 18.2 Å². The molecule has 0 unspecified atom stereocenters. The van der Waals surface area contributed by atoms with E-state index in [4.69, 9.17) is 18.9 Å². The summed E-state index contributed by atoms with van der Waals surface area (Å²) in [6, 6.07) is 17.1. The normalized spacial score (nSPS) is 15.4. The van der Waals surface area contributed by atoms with E-state index in [1.54, 1.807) is 18.2 Å². The van der Waals surface area contributed by atoms with Gasteiger partial charge >= 0.3 is 5.97 Å². The van der Waals surface area contributed by atoms with E-state index < -0.39 is 0 Å². The van der Waals surface area contributed by atoms with E-state index in [0.717, 1.165) is 29.2 Å². The molecule has 0 bridgehead atoms. The van der Waals surface area contributed by atoms with E-state index in [1.807, 2.05) is 24.3 Å². The van der Waals surface area contributed by atoms with Gasteiger partial charge in [0.25, 0.3) is 0 Å². The summed E-state index contributed by atoms with van der Waals surface area (Å²) in [7, 11) is 0. The third kappa shape index (κ3) is 3.66. The number of morpholine rings is 1. The van der Waals surface area contributed by atoms with Crippen molar-refractivity contribution in [3.05, 3.63) is 59.5 Å². The minimum absolute atomic E-state index is 0.182. The molecule has 6 nitrogen and oxygen atoms in total. The van der Waals surface area contributed by atoms with Gasteiger partial charge in [0.2, 0.25) is 6.79 Å². The zero-order valence-electron chi connectivity index (χ0n) is 15.6. The summed E-state index contributed by atoms with van der Waals surface area (Å²) in [6.45, 7) is 3.15. The molecule has 0 saturated carbocycles. The summed E-state index contributed by atoms with van der Waals surface area (Å²) in [4.78, 5) is 15.7. The van der Waals surface area contributed by atoms with E-state index in [-0.39, 0.29) is 12.8 Å². The van der Waals surface area contributed by atoms with Crippen molar-refractivity contribution < 1.29 is 23.7 Å². The van der Waals surface area contributed by atoms with Gasteiger partial charge in [-0.15, -0.1) is 11.3 Å². The van der Waals surface area contributed by atoms with Gasteiger partial charge in [0.15, 0.2) is 11.5 Å². The molecule has 29 heavy (non-hydrogen) atoms. The molecule has 1 aromatic heterocycles. The zero-order valence-corrected chi connectivity index (χ0v) is 16.4. The minimum Gasteiger partial charge on any atom is -0.454 e. The Balaban J connectivity index is 1.45. The first kappa shape index (κ1) is 18.0. The van der Waals surface area contributed by atoms with Crippen molar-refractivity contribution in [3.63, 3.8) is 0 Å². The molecule has 0 atom stereocenters. The van der Waals surface area contributed by atoms with Crippen molar-refractivity contribution in [1.82, 2.24) is 0 Å². The van der Waals surface area contributed by atoms with Gasteiger partial charge in [-0.05, 0) is 23.8 Å². The fraction of sp³-hybridized carbons (Fsp3) is 0.227. The lowest BCUT2D eigenvalue weighted by molar-refractivity contribution is 0.0739. The van der Waals surface area contributed by atoms with Crippen molar-refractivity contribution >= 4 is 22.3 Å². The Hall–Kier alpha value is -3.03. The molecular formula is C22H19NO5S. The Morgan fingerprint density at radius 1 is 0.966 bits per heavy atom. The van der Waals surface area contributed by atoms with Gasteiger partial charge in [-0.1, -0.05) is 30.3 Å². The smallest absolute Gasteiger partial charge is 0.353 e. The standard InChI is InChI=1S/C22H19NO5S/c24-22(28-16-6-7-18-19(12-16)27-14-26-18)20-13-17(15-4-2-1-3-5-15)21(29-20)23-8-10-25-11-9-23/h1-7,12-13H,8-11,14H2. The molecule has 2 aromatic carbocycles. The van der Waals surface area contributed by atoms with Crippen LogP contribution in [0.4, 0.5) is 5.00 Å². The maximum atomic E-state index is 12.9. The fourth-order valence-corrected chi connectivity index (χ4v) is 4.51. The number of hydrogen-bond acceptors (Lipinski definition) is 7. The number of hydrogen-bond donors (Lipinski definition) is 0. The summed E-state index contributed by atoms with van der Waals surface area (Å²) in [6.07, 6.45) is 0. The second-order valence-electron chi connectivity index (χ2n) is 6.70. The molecule has 2 aliphatic heterocycles. The van der Waals surface area contributed by atoms with E-state index >= 15 is 0 Å². The van der Waals surface area contributed by atoms with Crippen LogP contribution in [0.5, 0.6) is 17.2 Å². The van der Waals surface area contributed by atoms with Crippen LogP contribution in [-0.2, 0) is 4.74 Å². The highest BCUT2D eigenvalue weighted by Crippen LogP contribution is 2.40. The molecule has 0 N–H and O–H groups in total. The number of esters is 1. The molecule has 0 amide bonds. The lowest BCUT2D eigenvalue weighted by Gasteiger charge is -2.28. The van der Waals surface area contributed by atoms with E-state index in [2.05, 4.69) is 17.0 Å². The molecule has 3 aromatic rings. The van der Waals surface area contributed by atoms with Crippen LogP contribution in [0.25, 0.3) is 11.1 Å². The third-order valence-electron chi connectivity index (χ3n) is 4.85. The van der Waals surface area contributed by atoms with Crippen molar-refractivity contribution in [1.29, 1.82) is 0 Å². The van der Waals surface area contributed by atoms with Gasteiger partial charge in [0.1, 0.15) is 10.6 Å². The number of thiophene rings is 1. The highest BCUT2D eigenvalue weighted by molar-refractivity contribution is 7.18. The SMILES string of the molecule is O=C(Oc1ccc2c(c1)OCO2)c1cc(-c2ccccc2)c(N2CCOCC2)s1. The number of carbonyl (C=O) groups is 1. The lowest BCUT2D eigenvalue weighted by atomic mass is 10.1. The number of nitrogens with zero attached hydrogens (tertiary/aromatic N) is 1. The molecule has 0 aliphatic carbocycles. The lowest BCUT2D eigenvalue weighted by Crippen LogP contribution is -2.35. The second kappa shape index (κ2) is 7.77. The number of rotatable bonds is 4. The van der Waals surface area contributed by atoms with Gasteiger partial charge in [-0.25, -0.2) is 4.79 Å². The van der Waals surface area contributed by atoms with Crippen LogP contribution in [0.1, 0.15) is 9.67 Å². The van der Waals surface area contributed by atoms with Crippen molar-refractivity contribution in [3.8, 4) is 28.4 Å². The van der Waals surface area contributed by atoms with Crippen LogP contribution in [0.15, 0.2) is 54.6 Å². The Bertz CT molecular complexity index is 1030. The maximum Gasteiger partial charge on any atom is 0.353 e. The first-order valence-electron chi connectivity index (χ1n) is 9.42. The third-order valence-corrected chi connectivity index (χ3v) is 6.03. The summed E-state index contributed by atoms with van der Waals surface area (Å²) >= 11 is 1.45. The minimum atomic E-state index is -0.384. The number of ether oxygens (including phenoxy) is 4. The molecule has 5 rings (SSSR count). The predicted octanol–water partition coefficient (Wildman–Crippen LogP) is 4.20. The summed E-state index contributed by atoms with van der Waals surface area (Å²) in [5, 5.41) is 1.07. The van der Waals surface area contributed by atoms with Crippen molar-refractivity contribution in [2.45, 2.75) is 0 Å². The van der Waals surface area contributed by atoms with Gasteiger partial charge in [0, 0.05) is 24.7 Å². The number of anilines is 1. The largest absolute Gasteiger partial charge is 0.454 e. The van der Waals surface area contributed by atoms with Gasteiger partial charge < -0.3 is 23.8 Å². The first-order valence-corrected chi connectivity index (χ1v) is 10.2. The molecule has 1 saturated heterocycles. The Labute approximate surface area is 172 Å². The summed E-state index contributed by atoms with van der Waals surface area (Å²) in [5.74, 6) is 1.29. The Morgan fingerprint density at radius 2 is 1.76 bits per heavy atom. The average molecular weight is 409 g/mol. The van der Waals surface area contributed by atoms with Crippen LogP contribution in [0.3, 0.4) is 0 Å².